The third-order valence-corrected chi connectivity index (χ3v) is 4.71. The maximum absolute atomic E-state index is 12.7. The molecule has 0 fully saturated rings. The van der Waals surface area contributed by atoms with Crippen molar-refractivity contribution in [3.63, 3.8) is 0 Å². The van der Waals surface area contributed by atoms with Gasteiger partial charge in [0.1, 0.15) is 5.75 Å². The normalized spacial score (nSPS) is 13.0. The van der Waals surface area contributed by atoms with Crippen LogP contribution < -0.4 is 4.74 Å². The van der Waals surface area contributed by atoms with Crippen LogP contribution in [0.1, 0.15) is 58.4 Å². The van der Waals surface area contributed by atoms with Gasteiger partial charge in [0.2, 0.25) is 5.78 Å². The van der Waals surface area contributed by atoms with Gasteiger partial charge in [-0.2, -0.15) is 0 Å². The lowest BCUT2D eigenvalue weighted by Gasteiger charge is -2.18. The van der Waals surface area contributed by atoms with Gasteiger partial charge in [0.25, 0.3) is 0 Å². The third kappa shape index (κ3) is 4.62. The minimum Gasteiger partial charge on any atom is -0.479 e. The van der Waals surface area contributed by atoms with Gasteiger partial charge in [-0.15, -0.1) is 0 Å². The predicted molar refractivity (Wildman–Crippen MR) is 106 cm³/mol. The molecule has 28 heavy (non-hydrogen) atoms. The molecule has 1 N–H and O–H groups in total. The van der Waals surface area contributed by atoms with Crippen molar-refractivity contribution >= 4 is 29.1 Å². The van der Waals surface area contributed by atoms with E-state index in [4.69, 9.17) is 21.1 Å². The number of H-pyrrole nitrogens is 1. The van der Waals surface area contributed by atoms with E-state index in [-0.39, 0.29) is 11.5 Å². The van der Waals surface area contributed by atoms with Crippen molar-refractivity contribution in [1.29, 1.82) is 0 Å². The van der Waals surface area contributed by atoms with Crippen LogP contribution in [-0.4, -0.2) is 34.7 Å². The summed E-state index contributed by atoms with van der Waals surface area (Å²) in [7, 11) is 0. The van der Waals surface area contributed by atoms with E-state index in [1.165, 1.54) is 13.8 Å². The predicted octanol–water partition coefficient (Wildman–Crippen LogP) is 4.38. The fourth-order valence-corrected chi connectivity index (χ4v) is 3.26. The van der Waals surface area contributed by atoms with Crippen LogP contribution in [0.4, 0.5) is 0 Å². The first-order chi connectivity index (χ1) is 13.0. The van der Waals surface area contributed by atoms with Crippen LogP contribution in [0, 0.1) is 20.8 Å². The standard InChI is InChI=1S/C21H24ClNO5/c1-10-9-16(22)7-8-17(10)27-15(6)21(26)28-14(5)20(25)19-11(2)18(13(4)24)12(3)23-19/h7-9,14-15,23H,1-6H3. The summed E-state index contributed by atoms with van der Waals surface area (Å²) in [5, 5.41) is 0.570. The van der Waals surface area contributed by atoms with Gasteiger partial charge in [0.15, 0.2) is 18.0 Å². The highest BCUT2D eigenvalue weighted by Crippen LogP contribution is 2.24. The van der Waals surface area contributed by atoms with Crippen molar-refractivity contribution in [3.05, 3.63) is 51.3 Å². The molecule has 1 aromatic carbocycles. The molecule has 0 saturated carbocycles. The Balaban J connectivity index is 2.08. The Bertz CT molecular complexity index is 931. The maximum atomic E-state index is 12.7. The number of carbonyl (C=O) groups excluding carboxylic acids is 3. The Morgan fingerprint density at radius 1 is 1.07 bits per heavy atom. The second kappa shape index (κ2) is 8.61. The largest absolute Gasteiger partial charge is 0.479 e. The zero-order valence-electron chi connectivity index (χ0n) is 16.8. The van der Waals surface area contributed by atoms with E-state index < -0.39 is 24.0 Å². The van der Waals surface area contributed by atoms with Crippen molar-refractivity contribution in [2.24, 2.45) is 0 Å². The van der Waals surface area contributed by atoms with Crippen molar-refractivity contribution in [2.45, 2.75) is 53.8 Å². The summed E-state index contributed by atoms with van der Waals surface area (Å²) in [6.07, 6.45) is -1.93. The van der Waals surface area contributed by atoms with Crippen LogP contribution in [0.15, 0.2) is 18.2 Å². The number of nitrogens with one attached hydrogen (secondary N) is 1. The molecule has 2 unspecified atom stereocenters. The molecule has 0 saturated heterocycles. The number of rotatable bonds is 7. The topological polar surface area (TPSA) is 85.5 Å². The first-order valence-corrected chi connectivity index (χ1v) is 9.28. The molecule has 0 bridgehead atoms. The van der Waals surface area contributed by atoms with Gasteiger partial charge in [-0.25, -0.2) is 4.79 Å². The average Bonchev–Trinajstić information content (AvgIpc) is 2.90. The average molecular weight is 406 g/mol. The van der Waals surface area contributed by atoms with Crippen LogP contribution in [0.5, 0.6) is 5.75 Å². The van der Waals surface area contributed by atoms with Gasteiger partial charge in [-0.1, -0.05) is 11.6 Å². The van der Waals surface area contributed by atoms with Gasteiger partial charge in [-0.3, -0.25) is 9.59 Å². The Labute approximate surface area is 169 Å². The molecular weight excluding hydrogens is 382 g/mol. The number of ketones is 2. The lowest BCUT2D eigenvalue weighted by Crippen LogP contribution is -2.33. The van der Waals surface area contributed by atoms with E-state index in [9.17, 15) is 14.4 Å². The monoisotopic (exact) mass is 405 g/mol. The highest BCUT2D eigenvalue weighted by Gasteiger charge is 2.28. The summed E-state index contributed by atoms with van der Waals surface area (Å²) in [6, 6.07) is 5.06. The van der Waals surface area contributed by atoms with Crippen molar-refractivity contribution in [1.82, 2.24) is 4.98 Å². The zero-order chi connectivity index (χ0) is 21.2. The van der Waals surface area contributed by atoms with E-state index in [0.29, 0.717) is 27.6 Å². The summed E-state index contributed by atoms with van der Waals surface area (Å²) >= 11 is 5.91. The van der Waals surface area contributed by atoms with Crippen molar-refractivity contribution in [3.8, 4) is 5.75 Å². The first-order valence-electron chi connectivity index (χ1n) is 8.90. The zero-order valence-corrected chi connectivity index (χ0v) is 17.6. The second-order valence-corrected chi connectivity index (χ2v) is 7.23. The number of Topliss-reactive ketones (excluding diaryl/α,β-unsaturated/α-hetero) is 2. The smallest absolute Gasteiger partial charge is 0.347 e. The Morgan fingerprint density at radius 3 is 2.25 bits per heavy atom. The van der Waals surface area contributed by atoms with Gasteiger partial charge in [0.05, 0.1) is 5.69 Å². The van der Waals surface area contributed by atoms with Crippen LogP contribution in [0.2, 0.25) is 5.02 Å². The molecule has 0 amide bonds. The number of benzene rings is 1. The molecule has 0 aliphatic carbocycles. The van der Waals surface area contributed by atoms with Crippen LogP contribution in [0.25, 0.3) is 0 Å². The van der Waals surface area contributed by atoms with Crippen LogP contribution in [-0.2, 0) is 9.53 Å². The fraction of sp³-hybridized carbons (Fsp3) is 0.381. The van der Waals surface area contributed by atoms with Gasteiger partial charge < -0.3 is 14.5 Å². The Kier molecular flexibility index (Phi) is 6.67. The van der Waals surface area contributed by atoms with Crippen LogP contribution >= 0.6 is 11.6 Å². The number of carbonyl (C=O) groups is 3. The second-order valence-electron chi connectivity index (χ2n) is 6.79. The number of halogens is 1. The lowest BCUT2D eigenvalue weighted by molar-refractivity contribution is -0.153. The number of aromatic amines is 1. The van der Waals surface area contributed by atoms with Gasteiger partial charge in [0, 0.05) is 16.3 Å². The molecule has 1 heterocycles. The van der Waals surface area contributed by atoms with E-state index in [2.05, 4.69) is 4.98 Å². The molecule has 7 heteroatoms. The molecule has 1 aromatic heterocycles. The van der Waals surface area contributed by atoms with E-state index >= 15 is 0 Å². The Hall–Kier alpha value is -2.60. The summed E-state index contributed by atoms with van der Waals surface area (Å²) in [5.74, 6) is -0.690. The molecule has 0 aliphatic heterocycles. The highest BCUT2D eigenvalue weighted by molar-refractivity contribution is 6.30. The van der Waals surface area contributed by atoms with Crippen LogP contribution in [0.3, 0.4) is 0 Å². The number of aromatic nitrogens is 1. The molecule has 2 rings (SSSR count). The number of esters is 1. The molecule has 6 nitrogen and oxygen atoms in total. The minimum absolute atomic E-state index is 0.129. The summed E-state index contributed by atoms with van der Waals surface area (Å²) < 4.78 is 10.9. The molecular formula is C21H24ClNO5. The summed E-state index contributed by atoms with van der Waals surface area (Å²) in [5.41, 5.74) is 2.70. The summed E-state index contributed by atoms with van der Waals surface area (Å²) in [6.45, 7) is 9.71. The molecule has 0 radical (unpaired) electrons. The van der Waals surface area contributed by atoms with Crippen molar-refractivity contribution < 1.29 is 23.9 Å². The minimum atomic E-state index is -1.03. The fourth-order valence-electron chi connectivity index (χ4n) is 3.03. The number of aryl methyl sites for hydroxylation is 2. The number of hydrogen-bond acceptors (Lipinski definition) is 5. The molecule has 2 aromatic rings. The lowest BCUT2D eigenvalue weighted by atomic mass is 10.0. The van der Waals surface area contributed by atoms with Crippen molar-refractivity contribution in [2.75, 3.05) is 0 Å². The number of ether oxygens (including phenoxy) is 2. The van der Waals surface area contributed by atoms with Gasteiger partial charge in [-0.05, 0) is 70.9 Å². The van der Waals surface area contributed by atoms with Gasteiger partial charge >= 0.3 is 5.97 Å². The summed E-state index contributed by atoms with van der Waals surface area (Å²) in [4.78, 5) is 39.7. The molecule has 150 valence electrons. The SMILES string of the molecule is CC(=O)c1c(C)[nH]c(C(=O)C(C)OC(=O)C(C)Oc2ccc(Cl)cc2C)c1C. The quantitative estimate of drug-likeness (QED) is 0.545. The Morgan fingerprint density at radius 2 is 1.71 bits per heavy atom. The maximum Gasteiger partial charge on any atom is 0.347 e. The molecule has 0 aliphatic rings. The third-order valence-electron chi connectivity index (χ3n) is 4.47. The first kappa shape index (κ1) is 21.7. The number of hydrogen-bond donors (Lipinski definition) is 1. The van der Waals surface area contributed by atoms with E-state index in [0.717, 1.165) is 5.56 Å². The van der Waals surface area contributed by atoms with E-state index in [1.54, 1.807) is 39.0 Å². The highest BCUT2D eigenvalue weighted by atomic mass is 35.5. The molecule has 2 atom stereocenters. The van der Waals surface area contributed by atoms with E-state index in [1.807, 2.05) is 6.92 Å². The molecule has 0 spiro atoms.